The topological polar surface area (TPSA) is 0 Å². The molecule has 6 unspecified atom stereocenters. The van der Waals surface area contributed by atoms with Crippen LogP contribution in [0.3, 0.4) is 0 Å². The molecule has 0 radical (unpaired) electrons. The molecule has 0 heteroatoms. The van der Waals surface area contributed by atoms with Crippen LogP contribution in [0.15, 0.2) is 0 Å². The lowest BCUT2D eigenvalue weighted by Crippen LogP contribution is -2.48. The van der Waals surface area contributed by atoms with Crippen molar-refractivity contribution in [2.45, 2.75) is 60.3 Å². The van der Waals surface area contributed by atoms with Gasteiger partial charge < -0.3 is 0 Å². The molecule has 0 N–H and O–H groups in total. The summed E-state index contributed by atoms with van der Waals surface area (Å²) in [7, 11) is 0. The molecule has 0 aromatic carbocycles. The van der Waals surface area contributed by atoms with E-state index in [9.17, 15) is 0 Å². The summed E-state index contributed by atoms with van der Waals surface area (Å²) < 4.78 is 0. The minimum absolute atomic E-state index is 0.968. The summed E-state index contributed by atoms with van der Waals surface area (Å²) in [5, 5.41) is 0. The van der Waals surface area contributed by atoms with Gasteiger partial charge in [-0.05, 0) is 47.8 Å². The monoisotopic (exact) mass is 222 g/mol. The lowest BCUT2D eigenvalue weighted by molar-refractivity contribution is -0.0575. The van der Waals surface area contributed by atoms with Gasteiger partial charge >= 0.3 is 0 Å². The molecule has 94 valence electrons. The van der Waals surface area contributed by atoms with Gasteiger partial charge in [0, 0.05) is 0 Å². The highest BCUT2D eigenvalue weighted by molar-refractivity contribution is 5.05. The lowest BCUT2D eigenvalue weighted by atomic mass is 9.51. The first kappa shape index (κ1) is 12.5. The Morgan fingerprint density at radius 1 is 1.19 bits per heavy atom. The van der Waals surface area contributed by atoms with Crippen LogP contribution >= 0.6 is 0 Å². The van der Waals surface area contributed by atoms with Crippen molar-refractivity contribution in [2.24, 2.45) is 41.4 Å². The van der Waals surface area contributed by atoms with Crippen LogP contribution in [0, 0.1) is 41.4 Å². The van der Waals surface area contributed by atoms with E-state index in [1.54, 1.807) is 0 Å². The van der Waals surface area contributed by atoms with E-state index in [1.165, 1.54) is 25.7 Å². The normalized spacial score (nSPS) is 48.6. The molecule has 0 aromatic rings. The van der Waals surface area contributed by atoms with Crippen molar-refractivity contribution >= 4 is 0 Å². The fraction of sp³-hybridized carbons (Fsp3) is 1.00. The second-order valence-corrected chi connectivity index (χ2v) is 6.73. The first-order valence-corrected chi connectivity index (χ1v) is 7.61. The van der Waals surface area contributed by atoms with E-state index in [2.05, 4.69) is 34.6 Å². The maximum atomic E-state index is 2.52. The highest BCUT2D eigenvalue weighted by Gasteiger charge is 2.57. The fourth-order valence-electron chi connectivity index (χ4n) is 4.95. The highest BCUT2D eigenvalue weighted by atomic mass is 14.6. The fourth-order valence-corrected chi connectivity index (χ4v) is 4.95. The van der Waals surface area contributed by atoms with Gasteiger partial charge in [0.1, 0.15) is 0 Å². The second kappa shape index (κ2) is 4.70. The minimum Gasteiger partial charge on any atom is -0.0654 e. The van der Waals surface area contributed by atoms with Crippen LogP contribution in [0.2, 0.25) is 0 Å². The number of hydrogen-bond acceptors (Lipinski definition) is 0. The van der Waals surface area contributed by atoms with E-state index in [0.29, 0.717) is 0 Å². The van der Waals surface area contributed by atoms with Crippen molar-refractivity contribution in [2.75, 3.05) is 0 Å². The molecule has 0 aromatic heterocycles. The van der Waals surface area contributed by atoms with Crippen LogP contribution < -0.4 is 0 Å². The summed E-state index contributed by atoms with van der Waals surface area (Å²) in [5.74, 6) is 7.29. The predicted molar refractivity (Wildman–Crippen MR) is 71.3 cm³/mol. The van der Waals surface area contributed by atoms with Gasteiger partial charge in [-0.15, -0.1) is 0 Å². The van der Waals surface area contributed by atoms with Gasteiger partial charge in [-0.25, -0.2) is 0 Å². The Morgan fingerprint density at radius 3 is 2.44 bits per heavy atom. The first-order chi connectivity index (χ1) is 7.61. The summed E-state index contributed by atoms with van der Waals surface area (Å²) in [6.45, 7) is 12.2. The Kier molecular flexibility index (Phi) is 3.66. The maximum Gasteiger partial charge on any atom is -0.0323 e. The Labute approximate surface area is 102 Å². The first-order valence-electron chi connectivity index (χ1n) is 7.61. The summed E-state index contributed by atoms with van der Waals surface area (Å²) >= 11 is 0. The largest absolute Gasteiger partial charge is 0.0654 e. The van der Waals surface area contributed by atoms with Crippen LogP contribution in [0.25, 0.3) is 0 Å². The molecule has 2 aliphatic carbocycles. The third kappa shape index (κ3) is 1.73. The van der Waals surface area contributed by atoms with Gasteiger partial charge in [0.2, 0.25) is 0 Å². The van der Waals surface area contributed by atoms with E-state index >= 15 is 0 Å². The van der Waals surface area contributed by atoms with Gasteiger partial charge in [-0.1, -0.05) is 53.9 Å². The molecule has 0 bridgehead atoms. The van der Waals surface area contributed by atoms with Crippen LogP contribution in [0.4, 0.5) is 0 Å². The van der Waals surface area contributed by atoms with Crippen molar-refractivity contribution in [3.8, 4) is 0 Å². The van der Waals surface area contributed by atoms with Crippen molar-refractivity contribution < 1.29 is 0 Å². The molecule has 0 aliphatic heterocycles. The van der Waals surface area contributed by atoms with Crippen molar-refractivity contribution in [3.05, 3.63) is 0 Å². The minimum atomic E-state index is 0.968. The summed E-state index contributed by atoms with van der Waals surface area (Å²) in [4.78, 5) is 0. The van der Waals surface area contributed by atoms with E-state index in [0.717, 1.165) is 41.4 Å². The summed E-state index contributed by atoms with van der Waals surface area (Å²) in [6, 6.07) is 0. The Balaban J connectivity index is 2.09. The predicted octanol–water partition coefficient (Wildman–Crippen LogP) is 4.99. The Morgan fingerprint density at radius 2 is 1.88 bits per heavy atom. The highest BCUT2D eigenvalue weighted by Crippen LogP contribution is 2.63. The van der Waals surface area contributed by atoms with Crippen LogP contribution in [0.5, 0.6) is 0 Å². The Bertz CT molecular complexity index is 232. The molecule has 0 saturated heterocycles. The molecule has 0 nitrogen and oxygen atoms in total. The molecule has 0 amide bonds. The zero-order valence-corrected chi connectivity index (χ0v) is 11.9. The number of fused-ring (bicyclic) bond motifs is 1. The van der Waals surface area contributed by atoms with E-state index in [1.807, 2.05) is 0 Å². The zero-order valence-electron chi connectivity index (χ0n) is 11.9. The lowest BCUT2D eigenvalue weighted by Gasteiger charge is -2.54. The van der Waals surface area contributed by atoms with E-state index in [4.69, 9.17) is 0 Å². The van der Waals surface area contributed by atoms with E-state index in [-0.39, 0.29) is 0 Å². The SMILES string of the molecule is CCCC1C2C(C)C(C)CC2[C@H]1C(C)CC. The van der Waals surface area contributed by atoms with E-state index < -0.39 is 0 Å². The van der Waals surface area contributed by atoms with Crippen LogP contribution in [0.1, 0.15) is 60.3 Å². The average molecular weight is 222 g/mol. The molecule has 2 fully saturated rings. The molecule has 7 atom stereocenters. The van der Waals surface area contributed by atoms with Gasteiger partial charge in [0.15, 0.2) is 0 Å². The maximum absolute atomic E-state index is 2.52. The number of hydrogen-bond donors (Lipinski definition) is 0. The van der Waals surface area contributed by atoms with Crippen LogP contribution in [-0.4, -0.2) is 0 Å². The van der Waals surface area contributed by atoms with Gasteiger partial charge in [0.25, 0.3) is 0 Å². The van der Waals surface area contributed by atoms with Crippen molar-refractivity contribution in [3.63, 3.8) is 0 Å². The summed E-state index contributed by atoms with van der Waals surface area (Å²) in [6.07, 6.45) is 5.80. The zero-order chi connectivity index (χ0) is 11.9. The molecule has 2 aliphatic rings. The Hall–Kier alpha value is 0. The third-order valence-electron chi connectivity index (χ3n) is 6.05. The smallest absolute Gasteiger partial charge is 0.0323 e. The number of rotatable bonds is 4. The second-order valence-electron chi connectivity index (χ2n) is 6.73. The van der Waals surface area contributed by atoms with Gasteiger partial charge in [0.05, 0.1) is 0 Å². The summed E-state index contributed by atoms with van der Waals surface area (Å²) in [5.41, 5.74) is 0. The van der Waals surface area contributed by atoms with Gasteiger partial charge in [-0.2, -0.15) is 0 Å². The molecule has 0 spiro atoms. The molecule has 2 rings (SSSR count). The third-order valence-corrected chi connectivity index (χ3v) is 6.05. The molecule has 16 heavy (non-hydrogen) atoms. The molecule has 0 heterocycles. The quantitative estimate of drug-likeness (QED) is 0.629. The molecule has 2 saturated carbocycles. The average Bonchev–Trinajstić information content (AvgIpc) is 2.49. The standard InChI is InChI=1S/C16H30/c1-6-8-13-15(10(3)7-2)14-9-11(4)12(5)16(13)14/h10-16H,6-9H2,1-5H3/t10?,11?,12?,13?,14?,15-,16?/m0/s1. The van der Waals surface area contributed by atoms with Crippen molar-refractivity contribution in [1.82, 2.24) is 0 Å². The molecular weight excluding hydrogens is 192 g/mol. The molecular formula is C16H30. The van der Waals surface area contributed by atoms with Gasteiger partial charge in [-0.3, -0.25) is 0 Å². The van der Waals surface area contributed by atoms with Crippen molar-refractivity contribution in [1.29, 1.82) is 0 Å². The van der Waals surface area contributed by atoms with Crippen LogP contribution in [-0.2, 0) is 0 Å².